The van der Waals surface area contributed by atoms with Gasteiger partial charge in [-0.3, -0.25) is 0 Å². The van der Waals surface area contributed by atoms with Gasteiger partial charge in [-0.25, -0.2) is 0 Å². The van der Waals surface area contributed by atoms with Crippen LogP contribution in [0.5, 0.6) is 11.5 Å². The molecule has 0 saturated carbocycles. The van der Waals surface area contributed by atoms with Gasteiger partial charge in [0.25, 0.3) is 0 Å². The van der Waals surface area contributed by atoms with E-state index < -0.39 is 0 Å². The normalized spacial score (nSPS) is 10.6. The Bertz CT molecular complexity index is 525. The third-order valence-corrected chi connectivity index (χ3v) is 2.64. The fourth-order valence-electron chi connectivity index (χ4n) is 1.43. The molecule has 5 nitrogen and oxygen atoms in total. The molecule has 0 bridgehead atoms. The van der Waals surface area contributed by atoms with Gasteiger partial charge < -0.3 is 20.5 Å². The molecule has 2 rings (SSSR count). The zero-order chi connectivity index (χ0) is 11.9. The highest BCUT2D eigenvalue weighted by Gasteiger charge is 2.18. The summed E-state index contributed by atoms with van der Waals surface area (Å²) in [6.07, 6.45) is 0. The second kappa shape index (κ2) is 3.61. The van der Waals surface area contributed by atoms with Crippen molar-refractivity contribution in [2.45, 2.75) is 6.92 Å². The van der Waals surface area contributed by atoms with Gasteiger partial charge in [-0.15, -0.1) is 0 Å². The number of anilines is 1. The molecule has 0 amide bonds. The number of rotatable bonds is 1. The molecule has 1 aromatic carbocycles. The monoisotopic (exact) mass is 240 g/mol. The smallest absolute Gasteiger partial charge is 0.173 e. The zero-order valence-corrected chi connectivity index (χ0v) is 9.12. The van der Waals surface area contributed by atoms with Crippen molar-refractivity contribution < 1.29 is 14.7 Å². The van der Waals surface area contributed by atoms with Crippen LogP contribution in [0.15, 0.2) is 16.7 Å². The van der Waals surface area contributed by atoms with Gasteiger partial charge in [0.1, 0.15) is 0 Å². The predicted octanol–water partition coefficient (Wildman–Crippen LogP) is 2.30. The summed E-state index contributed by atoms with van der Waals surface area (Å²) in [5.74, 6) is -0.183. The average Bonchev–Trinajstić information content (AvgIpc) is 2.62. The van der Waals surface area contributed by atoms with E-state index in [1.807, 2.05) is 0 Å². The minimum atomic E-state index is -0.319. The summed E-state index contributed by atoms with van der Waals surface area (Å²) in [6.45, 7) is 1.69. The Hall–Kier alpha value is -1.88. The molecule has 4 N–H and O–H groups in total. The van der Waals surface area contributed by atoms with Crippen molar-refractivity contribution in [3.63, 3.8) is 0 Å². The van der Waals surface area contributed by atoms with Crippen molar-refractivity contribution in [2.75, 3.05) is 5.73 Å². The van der Waals surface area contributed by atoms with Crippen molar-refractivity contribution >= 4 is 17.4 Å². The van der Waals surface area contributed by atoms with Crippen molar-refractivity contribution in [3.8, 4) is 22.8 Å². The predicted molar refractivity (Wildman–Crippen MR) is 59.4 cm³/mol. The largest absolute Gasteiger partial charge is 0.504 e. The molecule has 1 aromatic heterocycles. The van der Waals surface area contributed by atoms with Crippen LogP contribution in [-0.2, 0) is 0 Å². The molecular weight excluding hydrogens is 232 g/mol. The van der Waals surface area contributed by atoms with Crippen LogP contribution in [-0.4, -0.2) is 15.4 Å². The summed E-state index contributed by atoms with van der Waals surface area (Å²) < 4.78 is 4.92. The average molecular weight is 241 g/mol. The van der Waals surface area contributed by atoms with E-state index in [-0.39, 0.29) is 28.6 Å². The van der Waals surface area contributed by atoms with Crippen LogP contribution in [0.1, 0.15) is 5.56 Å². The molecule has 0 atom stereocenters. The van der Waals surface area contributed by atoms with Gasteiger partial charge in [-0.05, 0) is 12.5 Å². The third-order valence-electron chi connectivity index (χ3n) is 2.25. The van der Waals surface area contributed by atoms with Gasteiger partial charge in [0.05, 0.1) is 5.56 Å². The lowest BCUT2D eigenvalue weighted by Crippen LogP contribution is -1.85. The van der Waals surface area contributed by atoms with Gasteiger partial charge in [0.2, 0.25) is 0 Å². The van der Waals surface area contributed by atoms with Crippen LogP contribution in [0.2, 0.25) is 5.02 Å². The Kier molecular flexibility index (Phi) is 2.40. The van der Waals surface area contributed by atoms with Gasteiger partial charge in [-0.2, -0.15) is 0 Å². The van der Waals surface area contributed by atoms with E-state index in [2.05, 4.69) is 5.16 Å². The number of aromatic nitrogens is 1. The van der Waals surface area contributed by atoms with Gasteiger partial charge in [0.15, 0.2) is 23.1 Å². The van der Waals surface area contributed by atoms with E-state index in [0.717, 1.165) is 0 Å². The lowest BCUT2D eigenvalue weighted by Gasteiger charge is -2.08. The van der Waals surface area contributed by atoms with Crippen molar-refractivity contribution in [1.82, 2.24) is 5.16 Å². The fourth-order valence-corrected chi connectivity index (χ4v) is 1.63. The Labute approximate surface area is 96.1 Å². The summed E-state index contributed by atoms with van der Waals surface area (Å²) in [4.78, 5) is 0. The van der Waals surface area contributed by atoms with Crippen LogP contribution in [0.25, 0.3) is 11.3 Å². The maximum atomic E-state index is 9.73. The minimum Gasteiger partial charge on any atom is -0.504 e. The first kappa shape index (κ1) is 10.6. The minimum absolute atomic E-state index is 0.188. The Balaban J connectivity index is 2.73. The van der Waals surface area contributed by atoms with Crippen molar-refractivity contribution in [3.05, 3.63) is 22.7 Å². The molecule has 0 aliphatic carbocycles. The number of phenolic OH excluding ortho intramolecular Hbond substituents is 2. The van der Waals surface area contributed by atoms with Crippen LogP contribution in [0.4, 0.5) is 5.82 Å². The summed E-state index contributed by atoms with van der Waals surface area (Å²) in [5.41, 5.74) is 6.27. The van der Waals surface area contributed by atoms with E-state index in [4.69, 9.17) is 21.9 Å². The van der Waals surface area contributed by atoms with E-state index in [0.29, 0.717) is 10.6 Å². The first-order chi connectivity index (χ1) is 7.50. The molecule has 84 valence electrons. The quantitative estimate of drug-likeness (QED) is 0.665. The molecule has 16 heavy (non-hydrogen) atoms. The van der Waals surface area contributed by atoms with E-state index in [1.54, 1.807) is 6.92 Å². The number of nitrogens with zero attached hydrogens (tertiary/aromatic N) is 1. The van der Waals surface area contributed by atoms with E-state index in [9.17, 15) is 10.2 Å². The Morgan fingerprint density at radius 1 is 1.38 bits per heavy atom. The lowest BCUT2D eigenvalue weighted by atomic mass is 10.0. The molecule has 2 aromatic rings. The fraction of sp³-hybridized carbons (Fsp3) is 0.100. The molecule has 0 aliphatic heterocycles. The number of benzene rings is 1. The van der Waals surface area contributed by atoms with Crippen LogP contribution >= 0.6 is 11.6 Å². The summed E-state index contributed by atoms with van der Waals surface area (Å²) in [7, 11) is 0. The molecular formula is C10H9ClN2O3. The molecule has 0 fully saturated rings. The number of nitrogens with two attached hydrogens (primary N) is 1. The van der Waals surface area contributed by atoms with Crippen molar-refractivity contribution in [2.24, 2.45) is 0 Å². The summed E-state index contributed by atoms with van der Waals surface area (Å²) in [5, 5.41) is 23.0. The molecule has 0 radical (unpaired) electrons. The maximum Gasteiger partial charge on any atom is 0.173 e. The molecule has 6 heteroatoms. The van der Waals surface area contributed by atoms with Crippen LogP contribution in [0.3, 0.4) is 0 Å². The molecule has 1 heterocycles. The number of hydrogen-bond acceptors (Lipinski definition) is 5. The highest BCUT2D eigenvalue weighted by molar-refractivity contribution is 6.32. The number of phenols is 2. The lowest BCUT2D eigenvalue weighted by molar-refractivity contribution is 0.398. The van der Waals surface area contributed by atoms with E-state index in [1.165, 1.54) is 12.1 Å². The number of hydrogen-bond donors (Lipinski definition) is 3. The number of halogens is 1. The van der Waals surface area contributed by atoms with Gasteiger partial charge in [0, 0.05) is 17.2 Å². The van der Waals surface area contributed by atoms with Gasteiger partial charge in [-0.1, -0.05) is 16.8 Å². The summed E-state index contributed by atoms with van der Waals surface area (Å²) in [6, 6.07) is 2.70. The Morgan fingerprint density at radius 2 is 2.06 bits per heavy atom. The van der Waals surface area contributed by atoms with Crippen LogP contribution < -0.4 is 5.73 Å². The Morgan fingerprint density at radius 3 is 2.62 bits per heavy atom. The number of aromatic hydroxyl groups is 2. The number of nitrogen functional groups attached to an aromatic ring is 1. The molecule has 0 unspecified atom stereocenters. The maximum absolute atomic E-state index is 9.73. The standard InChI is InChI=1S/C10H9ClN2O3/c1-4-5(11)2-6(14)10(15)9(4)7-3-8(12)13-16-7/h2-3,14-15H,1H3,(H2,12,13). The molecule has 0 spiro atoms. The first-order valence-corrected chi connectivity index (χ1v) is 4.82. The molecule has 0 saturated heterocycles. The van der Waals surface area contributed by atoms with Crippen molar-refractivity contribution in [1.29, 1.82) is 0 Å². The molecule has 0 aliphatic rings. The second-order valence-corrected chi connectivity index (χ2v) is 3.75. The van der Waals surface area contributed by atoms with Crippen LogP contribution in [0, 0.1) is 6.92 Å². The van der Waals surface area contributed by atoms with E-state index >= 15 is 0 Å². The van der Waals surface area contributed by atoms with Gasteiger partial charge >= 0.3 is 0 Å². The summed E-state index contributed by atoms with van der Waals surface area (Å²) >= 11 is 5.88. The SMILES string of the molecule is Cc1c(Cl)cc(O)c(O)c1-c1cc(N)no1. The highest BCUT2D eigenvalue weighted by atomic mass is 35.5. The highest BCUT2D eigenvalue weighted by Crippen LogP contribution is 2.42. The first-order valence-electron chi connectivity index (χ1n) is 4.44. The topological polar surface area (TPSA) is 92.5 Å². The third kappa shape index (κ3) is 1.55. The zero-order valence-electron chi connectivity index (χ0n) is 8.36. The second-order valence-electron chi connectivity index (χ2n) is 3.34.